The Labute approximate surface area is 115 Å². The molecule has 1 aromatic heterocycles. The Morgan fingerprint density at radius 3 is 2.67 bits per heavy atom. The molecule has 1 aliphatic rings. The second kappa shape index (κ2) is 6.67. The average Bonchev–Trinajstić information content (AvgIpc) is 2.85. The molecular weight excluding hydrogens is 240 g/mol. The van der Waals surface area contributed by atoms with Gasteiger partial charge < -0.3 is 5.32 Å². The van der Waals surface area contributed by atoms with Crippen LogP contribution in [0.1, 0.15) is 68.7 Å². The van der Waals surface area contributed by atoms with Gasteiger partial charge in [0.15, 0.2) is 0 Å². The van der Waals surface area contributed by atoms with E-state index in [0.717, 1.165) is 18.4 Å². The normalized spacial score (nSPS) is 24.7. The third-order valence-electron chi connectivity index (χ3n) is 4.03. The van der Waals surface area contributed by atoms with Gasteiger partial charge in [-0.2, -0.15) is 0 Å². The summed E-state index contributed by atoms with van der Waals surface area (Å²) in [5.41, 5.74) is 0. The lowest BCUT2D eigenvalue weighted by Gasteiger charge is -2.26. The van der Waals surface area contributed by atoms with Crippen molar-refractivity contribution in [3.05, 3.63) is 16.1 Å². The van der Waals surface area contributed by atoms with Crippen molar-refractivity contribution in [2.45, 2.75) is 71.4 Å². The SMILES string of the molecule is CCC1CCC(c2ncc(CNC(C)C)s2)CC1. The number of hydrogen-bond donors (Lipinski definition) is 1. The molecule has 1 aliphatic carbocycles. The molecule has 102 valence electrons. The largest absolute Gasteiger partial charge is 0.310 e. The van der Waals surface area contributed by atoms with Crippen LogP contribution < -0.4 is 5.32 Å². The van der Waals surface area contributed by atoms with Crippen LogP contribution in [0.4, 0.5) is 0 Å². The van der Waals surface area contributed by atoms with Gasteiger partial charge in [-0.1, -0.05) is 27.2 Å². The van der Waals surface area contributed by atoms with E-state index in [1.165, 1.54) is 42.0 Å². The topological polar surface area (TPSA) is 24.9 Å². The number of rotatable bonds is 5. The lowest BCUT2D eigenvalue weighted by molar-refractivity contribution is 0.318. The third-order valence-corrected chi connectivity index (χ3v) is 5.19. The summed E-state index contributed by atoms with van der Waals surface area (Å²) in [4.78, 5) is 6.03. The zero-order chi connectivity index (χ0) is 13.0. The summed E-state index contributed by atoms with van der Waals surface area (Å²) in [5, 5.41) is 4.84. The zero-order valence-corrected chi connectivity index (χ0v) is 12.7. The van der Waals surface area contributed by atoms with Gasteiger partial charge in [0.25, 0.3) is 0 Å². The van der Waals surface area contributed by atoms with Gasteiger partial charge in [0, 0.05) is 29.6 Å². The van der Waals surface area contributed by atoms with Gasteiger partial charge in [-0.05, 0) is 31.6 Å². The van der Waals surface area contributed by atoms with Crippen LogP contribution in [0.15, 0.2) is 6.20 Å². The van der Waals surface area contributed by atoms with E-state index in [1.807, 2.05) is 11.3 Å². The average molecular weight is 266 g/mol. The summed E-state index contributed by atoms with van der Waals surface area (Å²) in [6.07, 6.45) is 8.93. The number of hydrogen-bond acceptors (Lipinski definition) is 3. The van der Waals surface area contributed by atoms with Crippen molar-refractivity contribution in [3.63, 3.8) is 0 Å². The zero-order valence-electron chi connectivity index (χ0n) is 11.9. The first-order chi connectivity index (χ1) is 8.69. The van der Waals surface area contributed by atoms with Crippen LogP contribution >= 0.6 is 11.3 Å². The minimum Gasteiger partial charge on any atom is -0.310 e. The van der Waals surface area contributed by atoms with Crippen LogP contribution in [0.2, 0.25) is 0 Å². The first-order valence-corrected chi connectivity index (χ1v) is 8.18. The Balaban J connectivity index is 1.86. The van der Waals surface area contributed by atoms with Gasteiger partial charge in [-0.25, -0.2) is 4.98 Å². The van der Waals surface area contributed by atoms with Crippen molar-refractivity contribution in [2.24, 2.45) is 5.92 Å². The van der Waals surface area contributed by atoms with Gasteiger partial charge in [0.05, 0.1) is 5.01 Å². The molecular formula is C15H26N2S. The second-order valence-corrected chi connectivity index (χ2v) is 6.97. The molecule has 1 N–H and O–H groups in total. The quantitative estimate of drug-likeness (QED) is 0.858. The Kier molecular flexibility index (Phi) is 5.19. The molecule has 1 heterocycles. The van der Waals surface area contributed by atoms with Crippen molar-refractivity contribution >= 4 is 11.3 Å². The molecule has 0 atom stereocenters. The molecule has 0 radical (unpaired) electrons. The molecule has 18 heavy (non-hydrogen) atoms. The molecule has 3 heteroatoms. The molecule has 0 bridgehead atoms. The van der Waals surface area contributed by atoms with Crippen LogP contribution in [-0.2, 0) is 6.54 Å². The first kappa shape index (κ1) is 14.0. The number of thiazole rings is 1. The number of aromatic nitrogens is 1. The van der Waals surface area contributed by atoms with E-state index < -0.39 is 0 Å². The van der Waals surface area contributed by atoms with Crippen molar-refractivity contribution in [3.8, 4) is 0 Å². The Bertz CT molecular complexity index is 351. The maximum Gasteiger partial charge on any atom is 0.0959 e. The van der Waals surface area contributed by atoms with Crippen molar-refractivity contribution in [1.29, 1.82) is 0 Å². The molecule has 2 rings (SSSR count). The molecule has 2 nitrogen and oxygen atoms in total. The van der Waals surface area contributed by atoms with Crippen LogP contribution in [0.5, 0.6) is 0 Å². The van der Waals surface area contributed by atoms with Crippen LogP contribution in [-0.4, -0.2) is 11.0 Å². The number of nitrogens with zero attached hydrogens (tertiary/aromatic N) is 1. The molecule has 0 aliphatic heterocycles. The Morgan fingerprint density at radius 1 is 1.33 bits per heavy atom. The monoisotopic (exact) mass is 266 g/mol. The smallest absolute Gasteiger partial charge is 0.0959 e. The molecule has 0 aromatic carbocycles. The number of nitrogens with one attached hydrogen (secondary N) is 1. The van der Waals surface area contributed by atoms with Gasteiger partial charge in [0.2, 0.25) is 0 Å². The summed E-state index contributed by atoms with van der Waals surface area (Å²) in [6, 6.07) is 0.551. The van der Waals surface area contributed by atoms with E-state index >= 15 is 0 Å². The van der Waals surface area contributed by atoms with Gasteiger partial charge in [0.1, 0.15) is 0 Å². The Hall–Kier alpha value is -0.410. The standard InChI is InChI=1S/C15H26N2S/c1-4-12-5-7-13(8-6-12)15-17-10-14(18-15)9-16-11(2)3/h10-13,16H,4-9H2,1-3H3. The van der Waals surface area contributed by atoms with E-state index in [2.05, 4.69) is 37.3 Å². The summed E-state index contributed by atoms with van der Waals surface area (Å²) in [6.45, 7) is 7.67. The lowest BCUT2D eigenvalue weighted by Crippen LogP contribution is -2.21. The predicted molar refractivity (Wildman–Crippen MR) is 79.1 cm³/mol. The fourth-order valence-electron chi connectivity index (χ4n) is 2.72. The highest BCUT2D eigenvalue weighted by Gasteiger charge is 2.23. The van der Waals surface area contributed by atoms with E-state index in [9.17, 15) is 0 Å². The van der Waals surface area contributed by atoms with Gasteiger partial charge >= 0.3 is 0 Å². The van der Waals surface area contributed by atoms with Gasteiger partial charge in [-0.15, -0.1) is 11.3 Å². The highest BCUT2D eigenvalue weighted by molar-refractivity contribution is 7.11. The van der Waals surface area contributed by atoms with E-state index in [4.69, 9.17) is 0 Å². The minimum absolute atomic E-state index is 0.551. The summed E-state index contributed by atoms with van der Waals surface area (Å²) in [7, 11) is 0. The molecule has 0 spiro atoms. The van der Waals surface area contributed by atoms with E-state index in [1.54, 1.807) is 0 Å². The van der Waals surface area contributed by atoms with Crippen LogP contribution in [0, 0.1) is 5.92 Å². The summed E-state index contributed by atoms with van der Waals surface area (Å²) < 4.78 is 0. The summed E-state index contributed by atoms with van der Waals surface area (Å²) in [5.74, 6) is 1.72. The molecule has 1 saturated carbocycles. The van der Waals surface area contributed by atoms with Crippen LogP contribution in [0.3, 0.4) is 0 Å². The van der Waals surface area contributed by atoms with E-state index in [0.29, 0.717) is 6.04 Å². The maximum absolute atomic E-state index is 4.65. The minimum atomic E-state index is 0.551. The van der Waals surface area contributed by atoms with Gasteiger partial charge in [-0.3, -0.25) is 0 Å². The van der Waals surface area contributed by atoms with Crippen LogP contribution in [0.25, 0.3) is 0 Å². The highest BCUT2D eigenvalue weighted by Crippen LogP contribution is 2.38. The highest BCUT2D eigenvalue weighted by atomic mass is 32.1. The summed E-state index contributed by atoms with van der Waals surface area (Å²) >= 11 is 1.92. The van der Waals surface area contributed by atoms with Crippen molar-refractivity contribution < 1.29 is 0 Å². The Morgan fingerprint density at radius 2 is 2.06 bits per heavy atom. The predicted octanol–water partition coefficient (Wildman–Crippen LogP) is 4.32. The second-order valence-electron chi connectivity index (χ2n) is 5.83. The van der Waals surface area contributed by atoms with E-state index in [-0.39, 0.29) is 0 Å². The maximum atomic E-state index is 4.65. The lowest BCUT2D eigenvalue weighted by atomic mass is 9.81. The molecule has 1 fully saturated rings. The molecule has 0 unspecified atom stereocenters. The third kappa shape index (κ3) is 3.79. The fourth-order valence-corrected chi connectivity index (χ4v) is 3.75. The molecule has 1 aromatic rings. The molecule has 0 saturated heterocycles. The molecule has 0 amide bonds. The fraction of sp³-hybridized carbons (Fsp3) is 0.800. The van der Waals surface area contributed by atoms with Crippen molar-refractivity contribution in [1.82, 2.24) is 10.3 Å². The first-order valence-electron chi connectivity index (χ1n) is 7.37. The van der Waals surface area contributed by atoms with Crippen molar-refractivity contribution in [2.75, 3.05) is 0 Å².